The van der Waals surface area contributed by atoms with E-state index in [1.54, 1.807) is 0 Å². The molecule has 0 aromatic heterocycles. The summed E-state index contributed by atoms with van der Waals surface area (Å²) in [5, 5.41) is 11.9. The number of amides is 1. The number of carbonyl (C=O) groups excluding carboxylic acids is 1. The Bertz CT molecular complexity index is 311. The second-order valence-electron chi connectivity index (χ2n) is 6.21. The van der Waals surface area contributed by atoms with Crippen LogP contribution in [0.25, 0.3) is 0 Å². The van der Waals surface area contributed by atoms with Gasteiger partial charge in [0.05, 0.1) is 5.92 Å². The second-order valence-corrected chi connectivity index (χ2v) is 6.21. The van der Waals surface area contributed by atoms with E-state index in [1.165, 1.54) is 32.1 Å². The van der Waals surface area contributed by atoms with E-state index in [2.05, 4.69) is 5.32 Å². The molecule has 1 fully saturated rings. The summed E-state index contributed by atoms with van der Waals surface area (Å²) >= 11 is 0. The molecule has 116 valence electrons. The molecule has 0 spiro atoms. The van der Waals surface area contributed by atoms with Crippen molar-refractivity contribution in [2.75, 3.05) is 6.54 Å². The van der Waals surface area contributed by atoms with Crippen LogP contribution in [0.3, 0.4) is 0 Å². The second kappa shape index (κ2) is 8.98. The molecular formula is C16H29NO3. The molecule has 20 heavy (non-hydrogen) atoms. The summed E-state index contributed by atoms with van der Waals surface area (Å²) in [6.45, 7) is 4.18. The van der Waals surface area contributed by atoms with Crippen LogP contribution in [0.5, 0.6) is 0 Å². The first kappa shape index (κ1) is 17.0. The van der Waals surface area contributed by atoms with Crippen LogP contribution < -0.4 is 5.32 Å². The molecule has 0 aromatic rings. The quantitative estimate of drug-likeness (QED) is 0.719. The molecule has 2 atom stereocenters. The third-order valence-electron chi connectivity index (χ3n) is 4.37. The van der Waals surface area contributed by atoms with Crippen molar-refractivity contribution >= 4 is 11.9 Å². The Labute approximate surface area is 122 Å². The first-order valence-electron chi connectivity index (χ1n) is 8.05. The third-order valence-corrected chi connectivity index (χ3v) is 4.37. The van der Waals surface area contributed by atoms with Gasteiger partial charge in [-0.25, -0.2) is 0 Å². The maximum Gasteiger partial charge on any atom is 0.308 e. The van der Waals surface area contributed by atoms with Gasteiger partial charge in [0.15, 0.2) is 0 Å². The molecule has 1 saturated carbocycles. The third kappa shape index (κ3) is 5.93. The summed E-state index contributed by atoms with van der Waals surface area (Å²) in [5.41, 5.74) is 0. The Morgan fingerprint density at radius 2 is 1.90 bits per heavy atom. The van der Waals surface area contributed by atoms with E-state index in [0.29, 0.717) is 12.3 Å². The highest BCUT2D eigenvalue weighted by atomic mass is 16.4. The maximum atomic E-state index is 12.0. The zero-order valence-corrected chi connectivity index (χ0v) is 12.9. The lowest BCUT2D eigenvalue weighted by molar-refractivity contribution is -0.142. The van der Waals surface area contributed by atoms with Crippen LogP contribution in [-0.2, 0) is 9.59 Å². The summed E-state index contributed by atoms with van der Waals surface area (Å²) in [6.07, 6.45) is 8.77. The fourth-order valence-corrected chi connectivity index (χ4v) is 3.09. The SMILES string of the molecule is CCCC(CNC(=O)C(C)CC1CCCCC1)C(=O)O. The number of aliphatic carboxylic acids is 1. The van der Waals surface area contributed by atoms with E-state index in [-0.39, 0.29) is 18.4 Å². The Morgan fingerprint density at radius 3 is 2.45 bits per heavy atom. The molecular weight excluding hydrogens is 254 g/mol. The van der Waals surface area contributed by atoms with Gasteiger partial charge in [-0.2, -0.15) is 0 Å². The first-order valence-corrected chi connectivity index (χ1v) is 8.05. The molecule has 1 rings (SSSR count). The molecule has 0 bridgehead atoms. The van der Waals surface area contributed by atoms with E-state index < -0.39 is 11.9 Å². The van der Waals surface area contributed by atoms with E-state index in [0.717, 1.165) is 12.8 Å². The Hall–Kier alpha value is -1.06. The number of carboxylic acid groups (broad SMARTS) is 1. The zero-order valence-electron chi connectivity index (χ0n) is 12.9. The summed E-state index contributed by atoms with van der Waals surface area (Å²) in [5.74, 6) is -0.583. The highest BCUT2D eigenvalue weighted by Gasteiger charge is 2.22. The lowest BCUT2D eigenvalue weighted by Crippen LogP contribution is -2.36. The minimum absolute atomic E-state index is 0.00540. The van der Waals surface area contributed by atoms with Crippen LogP contribution in [0.2, 0.25) is 0 Å². The molecule has 2 N–H and O–H groups in total. The van der Waals surface area contributed by atoms with Crippen LogP contribution >= 0.6 is 0 Å². The lowest BCUT2D eigenvalue weighted by Gasteiger charge is -2.24. The molecule has 4 nitrogen and oxygen atoms in total. The largest absolute Gasteiger partial charge is 0.481 e. The van der Waals surface area contributed by atoms with Crippen LogP contribution in [0.4, 0.5) is 0 Å². The van der Waals surface area contributed by atoms with E-state index in [4.69, 9.17) is 5.11 Å². The Kier molecular flexibility index (Phi) is 7.63. The molecule has 1 amide bonds. The van der Waals surface area contributed by atoms with Gasteiger partial charge in [0.25, 0.3) is 0 Å². The topological polar surface area (TPSA) is 66.4 Å². The predicted octanol–water partition coefficient (Wildman–Crippen LogP) is 3.21. The molecule has 1 aliphatic carbocycles. The molecule has 0 aromatic carbocycles. The number of nitrogens with one attached hydrogen (secondary N) is 1. The highest BCUT2D eigenvalue weighted by molar-refractivity contribution is 5.79. The van der Waals surface area contributed by atoms with E-state index >= 15 is 0 Å². The van der Waals surface area contributed by atoms with Gasteiger partial charge in [-0.05, 0) is 18.8 Å². The molecule has 0 aliphatic heterocycles. The summed E-state index contributed by atoms with van der Waals surface area (Å²) in [7, 11) is 0. The van der Waals surface area contributed by atoms with Gasteiger partial charge in [-0.15, -0.1) is 0 Å². The number of hydrogen-bond donors (Lipinski definition) is 2. The van der Waals surface area contributed by atoms with Gasteiger partial charge in [-0.1, -0.05) is 52.4 Å². The molecule has 2 unspecified atom stereocenters. The molecule has 0 saturated heterocycles. The van der Waals surface area contributed by atoms with Crippen molar-refractivity contribution in [1.82, 2.24) is 5.32 Å². The van der Waals surface area contributed by atoms with Crippen molar-refractivity contribution in [2.24, 2.45) is 17.8 Å². The summed E-state index contributed by atoms with van der Waals surface area (Å²) in [6, 6.07) is 0. The Balaban J connectivity index is 2.31. The smallest absolute Gasteiger partial charge is 0.308 e. The standard InChI is InChI=1S/C16H29NO3/c1-3-7-14(16(19)20)11-17-15(18)12(2)10-13-8-5-4-6-9-13/h12-14H,3-11H2,1-2H3,(H,17,18)(H,19,20). The summed E-state index contributed by atoms with van der Waals surface area (Å²) in [4.78, 5) is 23.1. The van der Waals surface area contributed by atoms with Gasteiger partial charge in [-0.3, -0.25) is 9.59 Å². The fraction of sp³-hybridized carbons (Fsp3) is 0.875. The number of hydrogen-bond acceptors (Lipinski definition) is 2. The fourth-order valence-electron chi connectivity index (χ4n) is 3.09. The van der Waals surface area contributed by atoms with Gasteiger partial charge >= 0.3 is 5.97 Å². The Morgan fingerprint density at radius 1 is 1.25 bits per heavy atom. The molecule has 4 heteroatoms. The van der Waals surface area contributed by atoms with Crippen LogP contribution in [0.15, 0.2) is 0 Å². The van der Waals surface area contributed by atoms with Crippen molar-refractivity contribution in [3.63, 3.8) is 0 Å². The van der Waals surface area contributed by atoms with Crippen LogP contribution in [0.1, 0.15) is 65.2 Å². The first-order chi connectivity index (χ1) is 9.54. The molecule has 0 heterocycles. The number of carboxylic acids is 1. The van der Waals surface area contributed by atoms with Crippen molar-refractivity contribution in [1.29, 1.82) is 0 Å². The van der Waals surface area contributed by atoms with Gasteiger partial charge in [0.1, 0.15) is 0 Å². The van der Waals surface area contributed by atoms with Crippen molar-refractivity contribution in [3.8, 4) is 0 Å². The molecule has 1 aliphatic rings. The van der Waals surface area contributed by atoms with E-state index in [1.807, 2.05) is 13.8 Å². The van der Waals surface area contributed by atoms with Crippen molar-refractivity contribution in [3.05, 3.63) is 0 Å². The van der Waals surface area contributed by atoms with Crippen LogP contribution in [0, 0.1) is 17.8 Å². The van der Waals surface area contributed by atoms with Gasteiger partial charge in [0, 0.05) is 12.5 Å². The van der Waals surface area contributed by atoms with E-state index in [9.17, 15) is 9.59 Å². The number of carbonyl (C=O) groups is 2. The minimum Gasteiger partial charge on any atom is -0.481 e. The van der Waals surface area contributed by atoms with Crippen LogP contribution in [-0.4, -0.2) is 23.5 Å². The van der Waals surface area contributed by atoms with Crippen molar-refractivity contribution in [2.45, 2.75) is 65.2 Å². The number of rotatable bonds is 8. The zero-order chi connectivity index (χ0) is 15.0. The maximum absolute atomic E-state index is 12.0. The highest BCUT2D eigenvalue weighted by Crippen LogP contribution is 2.29. The summed E-state index contributed by atoms with van der Waals surface area (Å²) < 4.78 is 0. The molecule has 0 radical (unpaired) electrons. The van der Waals surface area contributed by atoms with Gasteiger partial charge < -0.3 is 10.4 Å². The monoisotopic (exact) mass is 283 g/mol. The van der Waals surface area contributed by atoms with Crippen molar-refractivity contribution < 1.29 is 14.7 Å². The van der Waals surface area contributed by atoms with Gasteiger partial charge in [0.2, 0.25) is 5.91 Å². The average molecular weight is 283 g/mol. The minimum atomic E-state index is -0.813. The average Bonchev–Trinajstić information content (AvgIpc) is 2.43. The predicted molar refractivity (Wildman–Crippen MR) is 79.4 cm³/mol. The lowest BCUT2D eigenvalue weighted by atomic mass is 9.83. The normalized spacial score (nSPS) is 19.3.